The molecule has 26 heavy (non-hydrogen) atoms. The maximum atomic E-state index is 13.3. The first kappa shape index (κ1) is 19.5. The summed E-state index contributed by atoms with van der Waals surface area (Å²) in [6.45, 7) is 6.48. The maximum absolute atomic E-state index is 13.3. The zero-order valence-electron chi connectivity index (χ0n) is 15.6. The summed E-state index contributed by atoms with van der Waals surface area (Å²) >= 11 is 0. The van der Waals surface area contributed by atoms with Crippen molar-refractivity contribution in [3.8, 4) is 5.75 Å². The van der Waals surface area contributed by atoms with Gasteiger partial charge in [-0.25, -0.2) is 8.78 Å². The zero-order chi connectivity index (χ0) is 18.8. The van der Waals surface area contributed by atoms with Crippen LogP contribution >= 0.6 is 0 Å². The second-order valence-electron chi connectivity index (χ2n) is 8.54. The third kappa shape index (κ3) is 5.15. The van der Waals surface area contributed by atoms with Gasteiger partial charge in [0, 0.05) is 37.3 Å². The third-order valence-electron chi connectivity index (χ3n) is 5.56. The van der Waals surface area contributed by atoms with Gasteiger partial charge in [0.2, 0.25) is 0 Å². The Hall–Kier alpha value is -1.24. The maximum Gasteiger partial charge on any atom is 0.134 e. The molecular formula is C20H29F2NO3. The Morgan fingerprint density at radius 2 is 1.85 bits per heavy atom. The standard InChI is InChI=1S/C20H29F2NO3/c1-19(2)5-3-17(4-6-19)23-7-8-25-13-20(24,12-23)14-26-18-10-15(21)9-16(22)11-18/h9-11,17,24H,3-8,12-14H2,1-2H3/t20-/m0/s1. The number of ether oxygens (including phenoxy) is 2. The third-order valence-corrected chi connectivity index (χ3v) is 5.56. The Morgan fingerprint density at radius 1 is 1.19 bits per heavy atom. The quantitative estimate of drug-likeness (QED) is 0.884. The van der Waals surface area contributed by atoms with Crippen LogP contribution in [-0.4, -0.2) is 54.6 Å². The molecule has 1 aromatic rings. The summed E-state index contributed by atoms with van der Waals surface area (Å²) in [5.41, 5.74) is -0.814. The van der Waals surface area contributed by atoms with E-state index >= 15 is 0 Å². The van der Waals surface area contributed by atoms with E-state index in [0.29, 0.717) is 24.6 Å². The molecule has 0 radical (unpaired) electrons. The van der Waals surface area contributed by atoms with Gasteiger partial charge in [0.15, 0.2) is 0 Å². The fraction of sp³-hybridized carbons (Fsp3) is 0.700. The van der Waals surface area contributed by atoms with Crippen LogP contribution in [0.2, 0.25) is 0 Å². The van der Waals surface area contributed by atoms with Crippen molar-refractivity contribution in [2.75, 3.05) is 32.9 Å². The van der Waals surface area contributed by atoms with Crippen LogP contribution in [0.1, 0.15) is 39.5 Å². The highest BCUT2D eigenvalue weighted by Crippen LogP contribution is 2.37. The number of nitrogens with zero attached hydrogens (tertiary/aromatic N) is 1. The second-order valence-corrected chi connectivity index (χ2v) is 8.54. The molecule has 6 heteroatoms. The topological polar surface area (TPSA) is 41.9 Å². The van der Waals surface area contributed by atoms with Crippen LogP contribution in [0, 0.1) is 17.0 Å². The van der Waals surface area contributed by atoms with Crippen LogP contribution in [-0.2, 0) is 4.74 Å². The molecule has 0 bridgehead atoms. The van der Waals surface area contributed by atoms with Crippen molar-refractivity contribution < 1.29 is 23.4 Å². The van der Waals surface area contributed by atoms with Gasteiger partial charge >= 0.3 is 0 Å². The van der Waals surface area contributed by atoms with Crippen molar-refractivity contribution in [3.63, 3.8) is 0 Å². The second kappa shape index (κ2) is 7.79. The van der Waals surface area contributed by atoms with E-state index in [0.717, 1.165) is 37.6 Å². The van der Waals surface area contributed by atoms with Crippen LogP contribution in [0.4, 0.5) is 8.78 Å². The molecule has 0 spiro atoms. The number of rotatable bonds is 4. The van der Waals surface area contributed by atoms with Gasteiger partial charge in [-0.3, -0.25) is 4.90 Å². The monoisotopic (exact) mass is 369 g/mol. The van der Waals surface area contributed by atoms with E-state index in [2.05, 4.69) is 18.7 Å². The average molecular weight is 369 g/mol. The summed E-state index contributed by atoms with van der Waals surface area (Å²) in [6.07, 6.45) is 4.57. The van der Waals surface area contributed by atoms with E-state index in [1.807, 2.05) is 0 Å². The Balaban J connectivity index is 1.62. The van der Waals surface area contributed by atoms with Crippen LogP contribution in [0.15, 0.2) is 18.2 Å². The van der Waals surface area contributed by atoms with E-state index in [-0.39, 0.29) is 19.0 Å². The molecule has 2 aliphatic rings. The van der Waals surface area contributed by atoms with Gasteiger partial charge in [-0.15, -0.1) is 0 Å². The van der Waals surface area contributed by atoms with Gasteiger partial charge in [0.25, 0.3) is 0 Å². The largest absolute Gasteiger partial charge is 0.490 e. The summed E-state index contributed by atoms with van der Waals surface area (Å²) in [5.74, 6) is -1.32. The molecular weight excluding hydrogens is 340 g/mol. The molecule has 0 unspecified atom stereocenters. The highest BCUT2D eigenvalue weighted by atomic mass is 19.1. The fourth-order valence-electron chi connectivity index (χ4n) is 3.92. The van der Waals surface area contributed by atoms with Crippen molar-refractivity contribution >= 4 is 0 Å². The molecule has 1 heterocycles. The van der Waals surface area contributed by atoms with Gasteiger partial charge < -0.3 is 14.6 Å². The van der Waals surface area contributed by atoms with Gasteiger partial charge in [-0.1, -0.05) is 13.8 Å². The Labute approximate surface area is 154 Å². The van der Waals surface area contributed by atoms with Crippen LogP contribution in [0.5, 0.6) is 5.75 Å². The molecule has 1 atom stereocenters. The first-order valence-electron chi connectivity index (χ1n) is 9.38. The molecule has 1 saturated heterocycles. The van der Waals surface area contributed by atoms with Crippen molar-refractivity contribution in [2.45, 2.75) is 51.2 Å². The summed E-state index contributed by atoms with van der Waals surface area (Å²) in [5, 5.41) is 11.0. The van der Waals surface area contributed by atoms with E-state index in [1.54, 1.807) is 0 Å². The molecule has 1 saturated carbocycles. The Kier molecular flexibility index (Phi) is 5.85. The van der Waals surface area contributed by atoms with Gasteiger partial charge in [-0.2, -0.15) is 0 Å². The smallest absolute Gasteiger partial charge is 0.134 e. The normalized spacial score (nSPS) is 27.9. The number of β-amino-alcohol motifs (C(OH)–C–C–N with tert-alkyl or cyclic N) is 1. The highest BCUT2D eigenvalue weighted by molar-refractivity contribution is 5.24. The number of benzene rings is 1. The summed E-state index contributed by atoms with van der Waals surface area (Å²) in [6, 6.07) is 3.46. The minimum atomic E-state index is -1.20. The first-order valence-corrected chi connectivity index (χ1v) is 9.38. The zero-order valence-corrected chi connectivity index (χ0v) is 15.6. The molecule has 4 nitrogen and oxygen atoms in total. The van der Waals surface area contributed by atoms with E-state index in [1.165, 1.54) is 12.8 Å². The van der Waals surface area contributed by atoms with Gasteiger partial charge in [-0.05, 0) is 31.1 Å². The van der Waals surface area contributed by atoms with E-state index < -0.39 is 17.2 Å². The number of halogens is 2. The lowest BCUT2D eigenvalue weighted by molar-refractivity contribution is -0.0692. The lowest BCUT2D eigenvalue weighted by atomic mass is 9.75. The number of hydrogen-bond acceptors (Lipinski definition) is 4. The molecule has 1 aromatic carbocycles. The predicted octanol–water partition coefficient (Wildman–Crippen LogP) is 3.38. The fourth-order valence-corrected chi connectivity index (χ4v) is 3.92. The molecule has 1 aliphatic heterocycles. The average Bonchev–Trinajstić information content (AvgIpc) is 2.75. The molecule has 2 fully saturated rings. The van der Waals surface area contributed by atoms with E-state index in [4.69, 9.17) is 9.47 Å². The molecule has 1 N–H and O–H groups in total. The van der Waals surface area contributed by atoms with Crippen LogP contribution < -0.4 is 4.74 Å². The molecule has 1 aliphatic carbocycles. The molecule has 3 rings (SSSR count). The summed E-state index contributed by atoms with van der Waals surface area (Å²) in [7, 11) is 0. The molecule has 0 amide bonds. The number of aliphatic hydroxyl groups is 1. The van der Waals surface area contributed by atoms with Crippen molar-refractivity contribution in [1.82, 2.24) is 4.90 Å². The van der Waals surface area contributed by atoms with Gasteiger partial charge in [0.1, 0.15) is 29.6 Å². The van der Waals surface area contributed by atoms with Crippen LogP contribution in [0.3, 0.4) is 0 Å². The van der Waals surface area contributed by atoms with E-state index in [9.17, 15) is 13.9 Å². The van der Waals surface area contributed by atoms with Crippen molar-refractivity contribution in [1.29, 1.82) is 0 Å². The van der Waals surface area contributed by atoms with Crippen LogP contribution in [0.25, 0.3) is 0 Å². The SMILES string of the molecule is CC1(C)CCC(N2CCOC[C@](O)(COc3cc(F)cc(F)c3)C2)CC1. The predicted molar refractivity (Wildman–Crippen MR) is 95.2 cm³/mol. The number of hydrogen-bond donors (Lipinski definition) is 1. The van der Waals surface area contributed by atoms with Crippen molar-refractivity contribution in [2.24, 2.45) is 5.41 Å². The van der Waals surface area contributed by atoms with Gasteiger partial charge in [0.05, 0.1) is 13.2 Å². The first-order chi connectivity index (χ1) is 12.2. The minimum absolute atomic E-state index is 0.0649. The summed E-state index contributed by atoms with van der Waals surface area (Å²) in [4.78, 5) is 2.29. The Bertz CT molecular complexity index is 595. The summed E-state index contributed by atoms with van der Waals surface area (Å²) < 4.78 is 37.7. The Morgan fingerprint density at radius 3 is 2.50 bits per heavy atom. The minimum Gasteiger partial charge on any atom is -0.490 e. The lowest BCUT2D eigenvalue weighted by Crippen LogP contribution is -2.52. The lowest BCUT2D eigenvalue weighted by Gasteiger charge is -2.41. The highest BCUT2D eigenvalue weighted by Gasteiger charge is 2.38. The molecule has 146 valence electrons. The molecule has 0 aromatic heterocycles. The van der Waals surface area contributed by atoms with Crippen molar-refractivity contribution in [3.05, 3.63) is 29.8 Å².